The molecule has 0 bridgehead atoms. The van der Waals surface area contributed by atoms with Gasteiger partial charge in [-0.25, -0.2) is 9.78 Å². The van der Waals surface area contributed by atoms with Crippen LogP contribution in [0.25, 0.3) is 22.4 Å². The molecule has 2 N–H and O–H groups in total. The predicted octanol–water partition coefficient (Wildman–Crippen LogP) is 3.88. The number of aromatic nitrogens is 3. The Morgan fingerprint density at radius 2 is 2.00 bits per heavy atom. The number of nitrogens with one attached hydrogen (secondary N) is 1. The summed E-state index contributed by atoms with van der Waals surface area (Å²) in [7, 11) is 0. The van der Waals surface area contributed by atoms with Crippen LogP contribution >= 0.6 is 11.8 Å². The van der Waals surface area contributed by atoms with Gasteiger partial charge in [0.05, 0.1) is 0 Å². The Balaban J connectivity index is 1.62. The molecule has 6 nitrogen and oxygen atoms in total. The van der Waals surface area contributed by atoms with Gasteiger partial charge in [-0.15, -0.1) is 5.10 Å². The number of H-pyrrole nitrogens is 1. The van der Waals surface area contributed by atoms with Gasteiger partial charge in [-0.1, -0.05) is 42.1 Å². The molecule has 0 aliphatic carbocycles. The molecule has 2 aromatic carbocycles. The van der Waals surface area contributed by atoms with Gasteiger partial charge >= 0.3 is 5.63 Å². The summed E-state index contributed by atoms with van der Waals surface area (Å²) < 4.78 is 5.27. The van der Waals surface area contributed by atoms with E-state index in [0.717, 1.165) is 16.5 Å². The van der Waals surface area contributed by atoms with Crippen molar-refractivity contribution in [3.05, 3.63) is 70.1 Å². The minimum atomic E-state index is -0.443. The molecule has 0 atom stereocenters. The highest BCUT2D eigenvalue weighted by Gasteiger charge is 2.12. The molecule has 0 radical (unpaired) electrons. The first-order valence-corrected chi connectivity index (χ1v) is 8.96. The van der Waals surface area contributed by atoms with Crippen molar-refractivity contribution in [3.8, 4) is 17.1 Å². The topological polar surface area (TPSA) is 92.0 Å². The molecule has 0 saturated heterocycles. The van der Waals surface area contributed by atoms with Crippen molar-refractivity contribution in [2.24, 2.45) is 0 Å². The number of rotatable bonds is 4. The fourth-order valence-corrected chi connectivity index (χ4v) is 3.50. The van der Waals surface area contributed by atoms with Gasteiger partial charge in [0, 0.05) is 28.3 Å². The zero-order chi connectivity index (χ0) is 18.1. The monoisotopic (exact) mass is 365 g/mol. The maximum absolute atomic E-state index is 11.9. The van der Waals surface area contributed by atoms with E-state index in [1.165, 1.54) is 17.8 Å². The highest BCUT2D eigenvalue weighted by molar-refractivity contribution is 7.98. The molecule has 0 aliphatic heterocycles. The summed E-state index contributed by atoms with van der Waals surface area (Å²) in [6.45, 7) is 1.72. The second-order valence-corrected chi connectivity index (χ2v) is 6.74. The number of aryl methyl sites for hydroxylation is 1. The standard InChI is InChI=1S/C19H15N3O3S/c1-11-15(23)8-7-14-13(9-16(24)25-17(11)14)10-26-19-20-18(21-22-19)12-5-3-2-4-6-12/h2-9,23H,10H2,1H3,(H,20,21,22). The number of benzene rings is 2. The van der Waals surface area contributed by atoms with Crippen LogP contribution in [-0.4, -0.2) is 20.3 Å². The second-order valence-electron chi connectivity index (χ2n) is 5.80. The van der Waals surface area contributed by atoms with E-state index in [-0.39, 0.29) is 5.75 Å². The van der Waals surface area contributed by atoms with E-state index in [0.29, 0.717) is 27.9 Å². The summed E-state index contributed by atoms with van der Waals surface area (Å²) in [4.78, 5) is 16.4. The number of phenolic OH excluding ortho intramolecular Hbond substituents is 1. The first-order valence-electron chi connectivity index (χ1n) is 7.98. The zero-order valence-corrected chi connectivity index (χ0v) is 14.7. The van der Waals surface area contributed by atoms with Crippen molar-refractivity contribution in [2.45, 2.75) is 17.8 Å². The molecule has 4 rings (SSSR count). The Morgan fingerprint density at radius 1 is 1.19 bits per heavy atom. The molecule has 0 spiro atoms. The van der Waals surface area contributed by atoms with Gasteiger partial charge in [0.15, 0.2) is 5.82 Å². The molecule has 0 aliphatic rings. The highest BCUT2D eigenvalue weighted by Crippen LogP contribution is 2.30. The fourth-order valence-electron chi connectivity index (χ4n) is 2.71. The van der Waals surface area contributed by atoms with Crippen molar-refractivity contribution in [1.29, 1.82) is 0 Å². The van der Waals surface area contributed by atoms with E-state index >= 15 is 0 Å². The van der Waals surface area contributed by atoms with Crippen LogP contribution in [0.5, 0.6) is 5.75 Å². The van der Waals surface area contributed by atoms with Gasteiger partial charge in [-0.2, -0.15) is 0 Å². The molecule has 130 valence electrons. The Hall–Kier alpha value is -3.06. The molecule has 0 unspecified atom stereocenters. The summed E-state index contributed by atoms with van der Waals surface area (Å²) in [5.74, 6) is 1.32. The van der Waals surface area contributed by atoms with E-state index < -0.39 is 5.63 Å². The van der Waals surface area contributed by atoms with E-state index in [9.17, 15) is 9.90 Å². The zero-order valence-electron chi connectivity index (χ0n) is 13.9. The minimum absolute atomic E-state index is 0.104. The van der Waals surface area contributed by atoms with Crippen LogP contribution in [0.2, 0.25) is 0 Å². The van der Waals surface area contributed by atoms with Gasteiger partial charge < -0.3 is 9.52 Å². The van der Waals surface area contributed by atoms with E-state index in [1.807, 2.05) is 30.3 Å². The molecule has 0 fully saturated rings. The van der Waals surface area contributed by atoms with Crippen LogP contribution in [0.3, 0.4) is 0 Å². The maximum atomic E-state index is 11.9. The number of fused-ring (bicyclic) bond motifs is 1. The van der Waals surface area contributed by atoms with Crippen LogP contribution in [0.4, 0.5) is 0 Å². The van der Waals surface area contributed by atoms with Gasteiger partial charge in [-0.3, -0.25) is 5.10 Å². The van der Waals surface area contributed by atoms with Gasteiger partial charge in [-0.05, 0) is 24.6 Å². The van der Waals surface area contributed by atoms with E-state index in [1.54, 1.807) is 19.1 Å². The van der Waals surface area contributed by atoms with E-state index in [2.05, 4.69) is 15.2 Å². The SMILES string of the molecule is Cc1c(O)ccc2c(CSc3n[nH]c(-c4ccccc4)n3)cc(=O)oc12. The third-order valence-corrected chi connectivity index (χ3v) is 4.98. The minimum Gasteiger partial charge on any atom is -0.508 e. The lowest BCUT2D eigenvalue weighted by Crippen LogP contribution is -2.01. The first kappa shape index (κ1) is 16.4. The van der Waals surface area contributed by atoms with Gasteiger partial charge in [0.2, 0.25) is 5.16 Å². The van der Waals surface area contributed by atoms with Crippen molar-refractivity contribution >= 4 is 22.7 Å². The van der Waals surface area contributed by atoms with Crippen molar-refractivity contribution < 1.29 is 9.52 Å². The van der Waals surface area contributed by atoms with Gasteiger partial charge in [0.1, 0.15) is 11.3 Å². The lowest BCUT2D eigenvalue weighted by molar-refractivity contribution is 0.468. The largest absolute Gasteiger partial charge is 0.508 e. The van der Waals surface area contributed by atoms with Crippen LogP contribution in [0.1, 0.15) is 11.1 Å². The molecule has 4 aromatic rings. The van der Waals surface area contributed by atoms with Crippen molar-refractivity contribution in [2.75, 3.05) is 0 Å². The Kier molecular flexibility index (Phi) is 4.22. The molecule has 7 heteroatoms. The van der Waals surface area contributed by atoms with E-state index in [4.69, 9.17) is 4.42 Å². The third kappa shape index (κ3) is 3.09. The number of nitrogens with zero attached hydrogens (tertiary/aromatic N) is 2. The van der Waals surface area contributed by atoms with Gasteiger partial charge in [0.25, 0.3) is 0 Å². The molecular weight excluding hydrogens is 350 g/mol. The number of thioether (sulfide) groups is 1. The summed E-state index contributed by atoms with van der Waals surface area (Å²) in [6, 6.07) is 14.6. The average molecular weight is 365 g/mol. The lowest BCUT2D eigenvalue weighted by Gasteiger charge is -2.07. The molecular formula is C19H15N3O3S. The highest BCUT2D eigenvalue weighted by atomic mass is 32.2. The molecule has 2 heterocycles. The predicted molar refractivity (Wildman–Crippen MR) is 100 cm³/mol. The lowest BCUT2D eigenvalue weighted by atomic mass is 10.1. The first-order chi connectivity index (χ1) is 12.6. The van der Waals surface area contributed by atoms with Crippen molar-refractivity contribution in [3.63, 3.8) is 0 Å². The summed E-state index contributed by atoms with van der Waals surface area (Å²) in [5, 5.41) is 18.4. The number of hydrogen-bond donors (Lipinski definition) is 2. The summed E-state index contributed by atoms with van der Waals surface area (Å²) >= 11 is 1.43. The van der Waals surface area contributed by atoms with Crippen molar-refractivity contribution in [1.82, 2.24) is 15.2 Å². The Labute approximate surface area is 152 Å². The quantitative estimate of drug-likeness (QED) is 0.421. The summed E-state index contributed by atoms with van der Waals surface area (Å²) in [5.41, 5.74) is 2.30. The van der Waals surface area contributed by atoms with Crippen LogP contribution < -0.4 is 5.63 Å². The van der Waals surface area contributed by atoms with Crippen LogP contribution in [0, 0.1) is 6.92 Å². The van der Waals surface area contributed by atoms with Crippen LogP contribution in [0.15, 0.2) is 62.9 Å². The number of aromatic amines is 1. The Bertz CT molecular complexity index is 1140. The normalized spacial score (nSPS) is 11.1. The molecule has 26 heavy (non-hydrogen) atoms. The third-order valence-electron chi connectivity index (χ3n) is 4.09. The van der Waals surface area contributed by atoms with Crippen LogP contribution in [-0.2, 0) is 5.75 Å². The number of hydrogen-bond acceptors (Lipinski definition) is 6. The number of phenols is 1. The smallest absolute Gasteiger partial charge is 0.336 e. The maximum Gasteiger partial charge on any atom is 0.336 e. The molecule has 2 aromatic heterocycles. The average Bonchev–Trinajstić information content (AvgIpc) is 3.13. The molecule has 0 saturated carbocycles. The molecule has 0 amide bonds. The number of aromatic hydroxyl groups is 1. The fraction of sp³-hybridized carbons (Fsp3) is 0.105. The second kappa shape index (κ2) is 6.68. The Morgan fingerprint density at radius 3 is 2.81 bits per heavy atom. The summed E-state index contributed by atoms with van der Waals surface area (Å²) in [6.07, 6.45) is 0.